The van der Waals surface area contributed by atoms with E-state index >= 15 is 0 Å². The van der Waals surface area contributed by atoms with Gasteiger partial charge >= 0.3 is 0 Å². The zero-order valence-corrected chi connectivity index (χ0v) is 19.3. The summed E-state index contributed by atoms with van der Waals surface area (Å²) < 4.78 is 6.89. The molecule has 30 heavy (non-hydrogen) atoms. The highest BCUT2D eigenvalue weighted by atomic mass is 16.5. The lowest BCUT2D eigenvalue weighted by atomic mass is 9.95. The molecule has 0 spiro atoms. The molecule has 2 heterocycles. The second-order valence-electron chi connectivity index (χ2n) is 10.1. The molecule has 0 N–H and O–H groups in total. The van der Waals surface area contributed by atoms with Gasteiger partial charge in [0.1, 0.15) is 6.10 Å². The van der Waals surface area contributed by atoms with Crippen molar-refractivity contribution in [3.05, 3.63) is 71.3 Å². The molecule has 162 valence electrons. The van der Waals surface area contributed by atoms with E-state index in [0.29, 0.717) is 24.1 Å². The number of rotatable bonds is 8. The summed E-state index contributed by atoms with van der Waals surface area (Å²) in [5, 5.41) is 0. The third-order valence-electron chi connectivity index (χ3n) is 7.14. The van der Waals surface area contributed by atoms with Crippen molar-refractivity contribution in [3.63, 3.8) is 0 Å². The van der Waals surface area contributed by atoms with Crippen LogP contribution < -0.4 is 0 Å². The molecule has 4 rings (SSSR count). The van der Waals surface area contributed by atoms with Gasteiger partial charge in [0.2, 0.25) is 0 Å². The van der Waals surface area contributed by atoms with Crippen LogP contribution in [0.15, 0.2) is 54.6 Å². The first-order chi connectivity index (χ1) is 14.5. The van der Waals surface area contributed by atoms with Gasteiger partial charge in [-0.15, -0.1) is 0 Å². The van der Waals surface area contributed by atoms with Gasteiger partial charge < -0.3 is 4.74 Å². The summed E-state index contributed by atoms with van der Waals surface area (Å²) in [5.41, 5.74) is 3.94. The van der Waals surface area contributed by atoms with E-state index in [0.717, 1.165) is 5.92 Å². The highest BCUT2D eigenvalue weighted by molar-refractivity contribution is 5.33. The maximum absolute atomic E-state index is 6.89. The van der Waals surface area contributed by atoms with E-state index < -0.39 is 0 Å². The lowest BCUT2D eigenvalue weighted by Crippen LogP contribution is -2.46. The van der Waals surface area contributed by atoms with E-state index in [2.05, 4.69) is 87.2 Å². The van der Waals surface area contributed by atoms with Crippen LogP contribution in [-0.2, 0) is 4.74 Å². The normalized spacial score (nSPS) is 25.2. The molecule has 0 saturated carbocycles. The summed E-state index contributed by atoms with van der Waals surface area (Å²) in [6.45, 7) is 10.4. The van der Waals surface area contributed by atoms with Gasteiger partial charge in [-0.1, -0.05) is 82.3 Å². The van der Waals surface area contributed by atoms with Crippen LogP contribution in [0.25, 0.3) is 0 Å². The molecule has 0 aliphatic carbocycles. The first-order valence-corrected chi connectivity index (χ1v) is 12.1. The van der Waals surface area contributed by atoms with Crippen molar-refractivity contribution < 1.29 is 4.74 Å². The average Bonchev–Trinajstić information content (AvgIpc) is 2.99. The molecule has 2 unspecified atom stereocenters. The highest BCUT2D eigenvalue weighted by Crippen LogP contribution is 2.40. The topological polar surface area (TPSA) is 12.5 Å². The molecule has 0 aromatic heterocycles. The van der Waals surface area contributed by atoms with Crippen molar-refractivity contribution in [2.75, 3.05) is 6.54 Å². The molecule has 2 nitrogen and oxygen atoms in total. The predicted molar refractivity (Wildman–Crippen MR) is 126 cm³/mol. The third kappa shape index (κ3) is 4.98. The van der Waals surface area contributed by atoms with Gasteiger partial charge in [0.15, 0.2) is 0 Å². The van der Waals surface area contributed by atoms with Gasteiger partial charge in [-0.2, -0.15) is 0 Å². The quantitative estimate of drug-likeness (QED) is 0.471. The number of hydrogen-bond acceptors (Lipinski definition) is 2. The minimum absolute atomic E-state index is 0.0269. The second kappa shape index (κ2) is 9.66. The van der Waals surface area contributed by atoms with E-state index in [1.54, 1.807) is 0 Å². The number of piperidine rings is 1. The Balaban J connectivity index is 1.49. The summed E-state index contributed by atoms with van der Waals surface area (Å²) >= 11 is 0. The minimum Gasteiger partial charge on any atom is -0.365 e. The Morgan fingerprint density at radius 2 is 1.37 bits per heavy atom. The zero-order chi connectivity index (χ0) is 21.1. The fourth-order valence-electron chi connectivity index (χ4n) is 5.33. The summed E-state index contributed by atoms with van der Waals surface area (Å²) in [6, 6.07) is 21.3. The van der Waals surface area contributed by atoms with Gasteiger partial charge in [-0.25, -0.2) is 0 Å². The van der Waals surface area contributed by atoms with Crippen LogP contribution in [0.3, 0.4) is 0 Å². The first-order valence-electron chi connectivity index (χ1n) is 12.1. The molecule has 0 radical (unpaired) electrons. The molecule has 0 amide bonds. The molecular weight excluding hydrogens is 366 g/mol. The maximum atomic E-state index is 6.89. The summed E-state index contributed by atoms with van der Waals surface area (Å²) in [6.07, 6.45) is 6.76. The highest BCUT2D eigenvalue weighted by Gasteiger charge is 2.41. The van der Waals surface area contributed by atoms with Crippen LogP contribution in [0.1, 0.15) is 88.5 Å². The first kappa shape index (κ1) is 21.6. The minimum atomic E-state index is 0.0269. The Bertz CT molecular complexity index is 768. The molecule has 2 aliphatic rings. The number of fused-ring (bicyclic) bond motifs is 2. The average molecular weight is 406 g/mol. The van der Waals surface area contributed by atoms with Crippen molar-refractivity contribution in [1.82, 2.24) is 4.90 Å². The van der Waals surface area contributed by atoms with Crippen LogP contribution >= 0.6 is 0 Å². The summed E-state index contributed by atoms with van der Waals surface area (Å²) in [4.78, 5) is 2.80. The molecule has 2 aliphatic heterocycles. The molecule has 2 aromatic rings. The number of hydrogen-bond donors (Lipinski definition) is 0. The molecule has 2 fully saturated rings. The van der Waals surface area contributed by atoms with Crippen LogP contribution in [-0.4, -0.2) is 29.6 Å². The van der Waals surface area contributed by atoms with Gasteiger partial charge in [-0.05, 0) is 67.2 Å². The van der Waals surface area contributed by atoms with Crippen molar-refractivity contribution in [1.29, 1.82) is 0 Å². The smallest absolute Gasteiger partial charge is 0.108 e. The third-order valence-corrected chi connectivity index (χ3v) is 7.14. The SMILES string of the molecule is CC(C)CCN1[C@@H]2CC[C@H]1CC(OC(c1ccccc1)c1ccc(C(C)C)cc1)C2. The van der Waals surface area contributed by atoms with E-state index in [1.807, 2.05) is 0 Å². The fraction of sp³-hybridized carbons (Fsp3) is 0.571. The Kier molecular flexibility index (Phi) is 6.95. The number of benzene rings is 2. The zero-order valence-electron chi connectivity index (χ0n) is 19.3. The monoisotopic (exact) mass is 405 g/mol. The maximum Gasteiger partial charge on any atom is 0.108 e. The predicted octanol–water partition coefficient (Wildman–Crippen LogP) is 6.96. The summed E-state index contributed by atoms with van der Waals surface area (Å²) in [5.74, 6) is 1.34. The standard InChI is InChI=1S/C28H39NO/c1-20(2)16-17-29-25-14-15-26(29)19-27(18-25)30-28(23-8-6-5-7-9-23)24-12-10-22(11-13-24)21(3)4/h5-13,20-21,25-28H,14-19H2,1-4H3/t25-,26+,27?,28?. The van der Waals surface area contributed by atoms with Gasteiger partial charge in [-0.3, -0.25) is 4.90 Å². The van der Waals surface area contributed by atoms with E-state index in [4.69, 9.17) is 4.74 Å². The van der Waals surface area contributed by atoms with Gasteiger partial charge in [0, 0.05) is 12.1 Å². The van der Waals surface area contributed by atoms with Crippen LogP contribution in [0, 0.1) is 5.92 Å². The lowest BCUT2D eigenvalue weighted by Gasteiger charge is -2.40. The van der Waals surface area contributed by atoms with Gasteiger partial charge in [0.05, 0.1) is 6.10 Å². The van der Waals surface area contributed by atoms with Crippen LogP contribution in [0.5, 0.6) is 0 Å². The number of ether oxygens (including phenoxy) is 1. The van der Waals surface area contributed by atoms with Crippen molar-refractivity contribution in [2.24, 2.45) is 5.92 Å². The lowest BCUT2D eigenvalue weighted by molar-refractivity contribution is -0.0488. The van der Waals surface area contributed by atoms with E-state index in [1.165, 1.54) is 55.3 Å². The van der Waals surface area contributed by atoms with Crippen molar-refractivity contribution in [3.8, 4) is 0 Å². The summed E-state index contributed by atoms with van der Waals surface area (Å²) in [7, 11) is 0. The molecule has 4 atom stereocenters. The second-order valence-corrected chi connectivity index (χ2v) is 10.1. The molecule has 2 saturated heterocycles. The van der Waals surface area contributed by atoms with Crippen LogP contribution in [0.2, 0.25) is 0 Å². The van der Waals surface area contributed by atoms with E-state index in [-0.39, 0.29) is 6.10 Å². The molecular formula is C28H39NO. The molecule has 2 heteroatoms. The van der Waals surface area contributed by atoms with Crippen molar-refractivity contribution in [2.45, 2.75) is 90.0 Å². The molecule has 2 bridgehead atoms. The van der Waals surface area contributed by atoms with Gasteiger partial charge in [0.25, 0.3) is 0 Å². The Labute approximate surface area is 183 Å². The van der Waals surface area contributed by atoms with Crippen LogP contribution in [0.4, 0.5) is 0 Å². The largest absolute Gasteiger partial charge is 0.365 e. The fourth-order valence-corrected chi connectivity index (χ4v) is 5.33. The Morgan fingerprint density at radius 3 is 1.93 bits per heavy atom. The Morgan fingerprint density at radius 1 is 0.800 bits per heavy atom. The number of nitrogens with zero attached hydrogens (tertiary/aromatic N) is 1. The van der Waals surface area contributed by atoms with Crippen molar-refractivity contribution >= 4 is 0 Å². The van der Waals surface area contributed by atoms with E-state index in [9.17, 15) is 0 Å². The molecule has 2 aromatic carbocycles. The Hall–Kier alpha value is -1.64.